The van der Waals surface area contributed by atoms with Gasteiger partial charge in [0, 0.05) is 36.6 Å². The van der Waals surface area contributed by atoms with Gasteiger partial charge in [-0.3, -0.25) is 9.89 Å². The van der Waals surface area contributed by atoms with Crippen LogP contribution in [-0.2, 0) is 6.54 Å². The van der Waals surface area contributed by atoms with Gasteiger partial charge in [-0.2, -0.15) is 0 Å². The molecule has 0 aliphatic carbocycles. The number of aliphatic imine (C=N–C) groups is 1. The van der Waals surface area contributed by atoms with E-state index in [9.17, 15) is 0 Å². The van der Waals surface area contributed by atoms with E-state index >= 15 is 0 Å². The van der Waals surface area contributed by atoms with Crippen molar-refractivity contribution >= 4 is 17.3 Å². The maximum atomic E-state index is 5.51. The molecule has 1 fully saturated rings. The topological polar surface area (TPSA) is 48.9 Å². The van der Waals surface area contributed by atoms with E-state index in [1.54, 1.807) is 7.11 Å². The summed E-state index contributed by atoms with van der Waals surface area (Å²) >= 11 is 1.86. The van der Waals surface area contributed by atoms with Gasteiger partial charge in [-0.25, -0.2) is 0 Å². The summed E-state index contributed by atoms with van der Waals surface area (Å²) in [6.45, 7) is 4.84. The fourth-order valence-corrected chi connectivity index (χ4v) is 4.99. The van der Waals surface area contributed by atoms with Crippen molar-refractivity contribution in [1.82, 2.24) is 15.5 Å². The molecule has 152 valence electrons. The highest BCUT2D eigenvalue weighted by atomic mass is 32.1. The highest BCUT2D eigenvalue weighted by molar-refractivity contribution is 7.10. The second-order valence-corrected chi connectivity index (χ2v) is 8.44. The highest BCUT2D eigenvalue weighted by Gasteiger charge is 2.31. The zero-order valence-electron chi connectivity index (χ0n) is 17.4. The molecule has 1 aromatic carbocycles. The van der Waals surface area contributed by atoms with E-state index in [0.29, 0.717) is 18.5 Å². The smallest absolute Gasteiger partial charge is 0.191 e. The molecule has 28 heavy (non-hydrogen) atoms. The van der Waals surface area contributed by atoms with E-state index in [4.69, 9.17) is 4.74 Å². The van der Waals surface area contributed by atoms with Crippen molar-refractivity contribution in [1.29, 1.82) is 0 Å². The van der Waals surface area contributed by atoms with Gasteiger partial charge in [0.1, 0.15) is 5.75 Å². The molecule has 0 bridgehead atoms. The molecule has 0 amide bonds. The van der Waals surface area contributed by atoms with Crippen LogP contribution in [-0.4, -0.2) is 45.2 Å². The van der Waals surface area contributed by atoms with Crippen LogP contribution in [0, 0.1) is 12.8 Å². The molecule has 3 rings (SSSR count). The third-order valence-corrected chi connectivity index (χ3v) is 6.43. The summed E-state index contributed by atoms with van der Waals surface area (Å²) in [6, 6.07) is 11.2. The van der Waals surface area contributed by atoms with Crippen LogP contribution < -0.4 is 15.4 Å². The van der Waals surface area contributed by atoms with E-state index in [1.165, 1.54) is 29.8 Å². The number of ether oxygens (including phenoxy) is 1. The monoisotopic (exact) mass is 400 g/mol. The largest absolute Gasteiger partial charge is 0.496 e. The first-order valence-electron chi connectivity index (χ1n) is 9.94. The maximum Gasteiger partial charge on any atom is 0.191 e. The Morgan fingerprint density at radius 1 is 1.32 bits per heavy atom. The van der Waals surface area contributed by atoms with Gasteiger partial charge >= 0.3 is 0 Å². The lowest BCUT2D eigenvalue weighted by Gasteiger charge is -2.39. The molecule has 5 nitrogen and oxygen atoms in total. The van der Waals surface area contributed by atoms with Gasteiger partial charge in [-0.05, 0) is 62.4 Å². The number of aryl methyl sites for hydroxylation is 1. The Hall–Kier alpha value is -2.05. The Kier molecular flexibility index (Phi) is 7.34. The van der Waals surface area contributed by atoms with Gasteiger partial charge < -0.3 is 15.4 Å². The van der Waals surface area contributed by atoms with Crippen LogP contribution in [0.15, 0.2) is 40.7 Å². The highest BCUT2D eigenvalue weighted by Crippen LogP contribution is 2.36. The van der Waals surface area contributed by atoms with Crippen molar-refractivity contribution in [3.05, 3.63) is 51.7 Å². The van der Waals surface area contributed by atoms with Crippen LogP contribution in [0.5, 0.6) is 5.75 Å². The molecule has 0 radical (unpaired) electrons. The van der Waals surface area contributed by atoms with E-state index in [1.807, 2.05) is 18.4 Å². The summed E-state index contributed by atoms with van der Waals surface area (Å²) in [7, 11) is 5.79. The van der Waals surface area contributed by atoms with Gasteiger partial charge in [0.2, 0.25) is 0 Å². The number of hydrogen-bond acceptors (Lipinski definition) is 4. The molecule has 2 heterocycles. The number of piperidine rings is 1. The van der Waals surface area contributed by atoms with Crippen LogP contribution in [0.25, 0.3) is 0 Å². The Bertz CT molecular complexity index is 775. The third-order valence-electron chi connectivity index (χ3n) is 5.49. The van der Waals surface area contributed by atoms with Crippen molar-refractivity contribution in [2.24, 2.45) is 10.9 Å². The van der Waals surface area contributed by atoms with E-state index < -0.39 is 0 Å². The predicted octanol–water partition coefficient (Wildman–Crippen LogP) is 3.81. The Morgan fingerprint density at radius 3 is 2.89 bits per heavy atom. The average molecular weight is 401 g/mol. The standard InChI is InChI=1S/C22H32N4OS/c1-16-9-10-17(19(13-16)27-4)14-24-22(23-2)25-15-18-7-5-11-26(3)21(18)20-8-6-12-28-20/h6,8-10,12-13,18,21H,5,7,11,14-15H2,1-4H3,(H2,23,24,25). The fraction of sp³-hybridized carbons (Fsp3) is 0.500. The summed E-state index contributed by atoms with van der Waals surface area (Å²) in [5.74, 6) is 2.32. The lowest BCUT2D eigenvalue weighted by atomic mass is 9.88. The molecule has 2 N–H and O–H groups in total. The number of nitrogens with one attached hydrogen (secondary N) is 2. The number of benzene rings is 1. The van der Waals surface area contributed by atoms with Gasteiger partial charge in [0.05, 0.1) is 7.11 Å². The lowest BCUT2D eigenvalue weighted by Crippen LogP contribution is -2.44. The minimum atomic E-state index is 0.483. The molecule has 2 atom stereocenters. The second kappa shape index (κ2) is 9.94. The Labute approximate surface area is 172 Å². The normalized spacial score (nSPS) is 20.8. The summed E-state index contributed by atoms with van der Waals surface area (Å²) in [5.41, 5.74) is 2.33. The molecule has 0 spiro atoms. The molecular formula is C22H32N4OS. The van der Waals surface area contributed by atoms with E-state index in [2.05, 4.69) is 70.2 Å². The van der Waals surface area contributed by atoms with Crippen molar-refractivity contribution < 1.29 is 4.74 Å². The third kappa shape index (κ3) is 5.06. The number of thiophene rings is 1. The molecule has 1 aliphatic heterocycles. The van der Waals surface area contributed by atoms with Crippen LogP contribution in [0.4, 0.5) is 0 Å². The summed E-state index contributed by atoms with van der Waals surface area (Å²) in [6.07, 6.45) is 2.49. The first kappa shape index (κ1) is 20.7. The Morgan fingerprint density at radius 2 is 2.18 bits per heavy atom. The first-order valence-corrected chi connectivity index (χ1v) is 10.8. The molecule has 6 heteroatoms. The zero-order valence-corrected chi connectivity index (χ0v) is 18.2. The molecular weight excluding hydrogens is 368 g/mol. The number of guanidine groups is 1. The molecule has 2 unspecified atom stereocenters. The minimum Gasteiger partial charge on any atom is -0.496 e. The molecule has 1 aliphatic rings. The van der Waals surface area contributed by atoms with Crippen LogP contribution in [0.2, 0.25) is 0 Å². The van der Waals surface area contributed by atoms with Gasteiger partial charge in [-0.1, -0.05) is 18.2 Å². The number of methoxy groups -OCH3 is 1. The van der Waals surface area contributed by atoms with Crippen molar-refractivity contribution in [3.8, 4) is 5.75 Å². The predicted molar refractivity (Wildman–Crippen MR) is 118 cm³/mol. The molecule has 0 saturated carbocycles. The number of rotatable bonds is 6. The summed E-state index contributed by atoms with van der Waals surface area (Å²) in [4.78, 5) is 8.36. The van der Waals surface area contributed by atoms with Crippen molar-refractivity contribution in [2.45, 2.75) is 32.4 Å². The zero-order chi connectivity index (χ0) is 19.9. The average Bonchev–Trinajstić information content (AvgIpc) is 3.23. The van der Waals surface area contributed by atoms with Gasteiger partial charge in [0.15, 0.2) is 5.96 Å². The van der Waals surface area contributed by atoms with Crippen molar-refractivity contribution in [2.75, 3.05) is 34.3 Å². The molecule has 1 saturated heterocycles. The summed E-state index contributed by atoms with van der Waals surface area (Å²) < 4.78 is 5.51. The Balaban J connectivity index is 1.59. The van der Waals surface area contributed by atoms with Crippen LogP contribution in [0.1, 0.15) is 34.9 Å². The number of likely N-dealkylation sites (tertiary alicyclic amines) is 1. The van der Waals surface area contributed by atoms with E-state index in [-0.39, 0.29) is 0 Å². The number of hydrogen-bond donors (Lipinski definition) is 2. The first-order chi connectivity index (χ1) is 13.6. The maximum absolute atomic E-state index is 5.51. The quantitative estimate of drug-likeness (QED) is 0.572. The molecule has 1 aromatic heterocycles. The second-order valence-electron chi connectivity index (χ2n) is 7.47. The SMILES string of the molecule is CN=C(NCc1ccc(C)cc1OC)NCC1CCCN(C)C1c1cccs1. The van der Waals surface area contributed by atoms with Gasteiger partial charge in [-0.15, -0.1) is 11.3 Å². The number of nitrogens with zero attached hydrogens (tertiary/aromatic N) is 2. The fourth-order valence-electron chi connectivity index (χ4n) is 4.01. The summed E-state index contributed by atoms with van der Waals surface area (Å²) in [5, 5.41) is 9.15. The van der Waals surface area contributed by atoms with Crippen LogP contribution in [0.3, 0.4) is 0 Å². The van der Waals surface area contributed by atoms with Gasteiger partial charge in [0.25, 0.3) is 0 Å². The molecule has 2 aromatic rings. The minimum absolute atomic E-state index is 0.483. The van der Waals surface area contributed by atoms with E-state index in [0.717, 1.165) is 23.8 Å². The van der Waals surface area contributed by atoms with Crippen molar-refractivity contribution in [3.63, 3.8) is 0 Å². The van der Waals surface area contributed by atoms with Crippen LogP contribution >= 0.6 is 11.3 Å². The lowest BCUT2D eigenvalue weighted by molar-refractivity contribution is 0.125.